The van der Waals surface area contributed by atoms with E-state index in [1.165, 1.54) is 76.8 Å². The van der Waals surface area contributed by atoms with Gasteiger partial charge in [0.05, 0.1) is 5.69 Å². The Hall–Kier alpha value is -5.53. The van der Waals surface area contributed by atoms with Crippen molar-refractivity contribution in [1.82, 2.24) is 4.98 Å². The lowest BCUT2D eigenvalue weighted by atomic mass is 9.68. The second-order valence-corrected chi connectivity index (χ2v) is 12.7. The topological polar surface area (TPSA) is 12.9 Å². The van der Waals surface area contributed by atoms with E-state index in [-0.39, 0.29) is 5.41 Å². The molecule has 0 saturated heterocycles. The summed E-state index contributed by atoms with van der Waals surface area (Å²) < 4.78 is 0. The van der Waals surface area contributed by atoms with Crippen molar-refractivity contribution < 1.29 is 0 Å². The van der Waals surface area contributed by atoms with Gasteiger partial charge in [0.25, 0.3) is 0 Å². The molecule has 8 aromatic rings. The van der Waals surface area contributed by atoms with Crippen LogP contribution in [-0.2, 0) is 5.41 Å². The molecule has 45 heavy (non-hydrogen) atoms. The van der Waals surface area contributed by atoms with Crippen molar-refractivity contribution in [2.75, 3.05) is 0 Å². The summed E-state index contributed by atoms with van der Waals surface area (Å²) in [6.45, 7) is 4.70. The number of rotatable bonds is 3. The summed E-state index contributed by atoms with van der Waals surface area (Å²) in [5.41, 5.74) is 12.4. The molecular formula is C44H31N. The molecule has 9 rings (SSSR count). The first kappa shape index (κ1) is 25.9. The van der Waals surface area contributed by atoms with Crippen LogP contribution in [0.4, 0.5) is 0 Å². The lowest BCUT2D eigenvalue weighted by Gasteiger charge is -2.35. The number of aromatic nitrogens is 1. The first-order valence-corrected chi connectivity index (χ1v) is 15.7. The quantitative estimate of drug-likeness (QED) is 0.192. The van der Waals surface area contributed by atoms with E-state index >= 15 is 0 Å². The number of benzene rings is 7. The van der Waals surface area contributed by atoms with Crippen LogP contribution >= 0.6 is 0 Å². The normalized spacial score (nSPS) is 13.3. The highest BCUT2D eigenvalue weighted by atomic mass is 14.7. The zero-order valence-electron chi connectivity index (χ0n) is 25.4. The van der Waals surface area contributed by atoms with Gasteiger partial charge in [0.15, 0.2) is 0 Å². The van der Waals surface area contributed by atoms with Crippen LogP contribution in [0.3, 0.4) is 0 Å². The van der Waals surface area contributed by atoms with Crippen molar-refractivity contribution >= 4 is 32.3 Å². The van der Waals surface area contributed by atoms with Gasteiger partial charge >= 0.3 is 0 Å². The number of fused-ring (bicyclic) bond motifs is 4. The number of pyridine rings is 1. The first-order valence-electron chi connectivity index (χ1n) is 15.7. The van der Waals surface area contributed by atoms with E-state index in [9.17, 15) is 0 Å². The van der Waals surface area contributed by atoms with E-state index < -0.39 is 0 Å². The molecule has 7 aromatic carbocycles. The number of hydrogen-bond acceptors (Lipinski definition) is 1. The molecule has 1 heterocycles. The fourth-order valence-electron chi connectivity index (χ4n) is 7.84. The van der Waals surface area contributed by atoms with E-state index in [1.54, 1.807) is 0 Å². The van der Waals surface area contributed by atoms with Crippen LogP contribution in [0.2, 0.25) is 0 Å². The molecule has 0 bridgehead atoms. The maximum absolute atomic E-state index is 5.15. The average Bonchev–Trinajstić information content (AvgIpc) is 3.10. The number of hydrogen-bond donors (Lipinski definition) is 0. The molecule has 1 aliphatic carbocycles. The Morgan fingerprint density at radius 1 is 0.400 bits per heavy atom. The highest BCUT2D eigenvalue weighted by Crippen LogP contribution is 2.50. The monoisotopic (exact) mass is 573 g/mol. The molecule has 0 amide bonds. The standard InChI is InChI=1S/C44H31N/c1-44(2)38-21-11-10-15-30(38)37-25-24-31(32-20-12-22-39(44)43(32)37)40-26-23-29(27-45-40)42-35-18-8-6-16-33(35)41(28-13-4-3-5-14-28)34-17-7-9-19-36(34)42/h3-27H,1-2H3. The van der Waals surface area contributed by atoms with Crippen molar-refractivity contribution in [3.63, 3.8) is 0 Å². The van der Waals surface area contributed by atoms with Gasteiger partial charge in [0, 0.05) is 22.7 Å². The molecule has 1 heteroatoms. The Kier molecular flexibility index (Phi) is 5.61. The molecule has 1 aliphatic rings. The molecule has 1 aromatic heterocycles. The Morgan fingerprint density at radius 2 is 0.956 bits per heavy atom. The molecule has 1 nitrogen and oxygen atoms in total. The molecule has 0 spiro atoms. The summed E-state index contributed by atoms with van der Waals surface area (Å²) in [7, 11) is 0. The summed E-state index contributed by atoms with van der Waals surface area (Å²) in [5.74, 6) is 0. The van der Waals surface area contributed by atoms with Crippen LogP contribution in [0.1, 0.15) is 25.0 Å². The highest BCUT2D eigenvalue weighted by Gasteiger charge is 2.33. The van der Waals surface area contributed by atoms with Gasteiger partial charge in [0.1, 0.15) is 0 Å². The van der Waals surface area contributed by atoms with Gasteiger partial charge < -0.3 is 0 Å². The fraction of sp³-hybridized carbons (Fsp3) is 0.0682. The van der Waals surface area contributed by atoms with E-state index in [4.69, 9.17) is 4.98 Å². The van der Waals surface area contributed by atoms with Crippen LogP contribution in [0.25, 0.3) is 77.0 Å². The van der Waals surface area contributed by atoms with Gasteiger partial charge in [-0.2, -0.15) is 0 Å². The van der Waals surface area contributed by atoms with E-state index in [0.717, 1.165) is 11.3 Å². The molecule has 0 radical (unpaired) electrons. The predicted octanol–water partition coefficient (Wildman–Crippen LogP) is 11.8. The van der Waals surface area contributed by atoms with Gasteiger partial charge in [0.2, 0.25) is 0 Å². The van der Waals surface area contributed by atoms with Crippen molar-refractivity contribution in [1.29, 1.82) is 0 Å². The maximum atomic E-state index is 5.15. The summed E-state index contributed by atoms with van der Waals surface area (Å²) in [4.78, 5) is 5.15. The molecule has 0 N–H and O–H groups in total. The first-order chi connectivity index (χ1) is 22.1. The third-order valence-corrected chi connectivity index (χ3v) is 9.93. The van der Waals surface area contributed by atoms with E-state index in [2.05, 4.69) is 166 Å². The van der Waals surface area contributed by atoms with Crippen LogP contribution in [-0.4, -0.2) is 4.98 Å². The lowest BCUT2D eigenvalue weighted by Crippen LogP contribution is -2.23. The SMILES string of the molecule is CC1(C)c2ccccc2-c2ccc(-c3ccc(-c4c5ccccc5c(-c5ccccc5)c5ccccc45)cn3)c3cccc1c23. The number of nitrogens with zero attached hydrogens (tertiary/aromatic N) is 1. The van der Waals surface area contributed by atoms with Gasteiger partial charge in [-0.25, -0.2) is 0 Å². The zero-order valence-corrected chi connectivity index (χ0v) is 25.4. The Labute approximate surface area is 263 Å². The van der Waals surface area contributed by atoms with Crippen molar-refractivity contribution in [3.8, 4) is 44.6 Å². The Bertz CT molecular complexity index is 2380. The average molecular weight is 574 g/mol. The van der Waals surface area contributed by atoms with Crippen molar-refractivity contribution in [2.24, 2.45) is 0 Å². The fourth-order valence-corrected chi connectivity index (χ4v) is 7.84. The minimum atomic E-state index is -0.0764. The minimum Gasteiger partial charge on any atom is -0.256 e. The Morgan fingerprint density at radius 3 is 1.62 bits per heavy atom. The maximum Gasteiger partial charge on any atom is 0.0708 e. The summed E-state index contributed by atoms with van der Waals surface area (Å²) >= 11 is 0. The smallest absolute Gasteiger partial charge is 0.0708 e. The molecular weight excluding hydrogens is 542 g/mol. The van der Waals surface area contributed by atoms with E-state index in [1.807, 2.05) is 0 Å². The van der Waals surface area contributed by atoms with Crippen LogP contribution in [0, 0.1) is 0 Å². The third-order valence-electron chi connectivity index (χ3n) is 9.93. The van der Waals surface area contributed by atoms with Crippen molar-refractivity contribution in [2.45, 2.75) is 19.3 Å². The summed E-state index contributed by atoms with van der Waals surface area (Å²) in [5, 5.41) is 7.61. The molecule has 0 unspecified atom stereocenters. The van der Waals surface area contributed by atoms with Gasteiger partial charge in [-0.05, 0) is 77.3 Å². The van der Waals surface area contributed by atoms with E-state index in [0.29, 0.717) is 0 Å². The molecule has 212 valence electrons. The zero-order chi connectivity index (χ0) is 30.1. The molecule has 0 fully saturated rings. The minimum absolute atomic E-state index is 0.0764. The Balaban J connectivity index is 1.24. The molecule has 0 aliphatic heterocycles. The van der Waals surface area contributed by atoms with Gasteiger partial charge in [-0.1, -0.05) is 153 Å². The second-order valence-electron chi connectivity index (χ2n) is 12.7. The summed E-state index contributed by atoms with van der Waals surface area (Å²) in [6, 6.07) is 53.0. The van der Waals surface area contributed by atoms with Gasteiger partial charge in [-0.3, -0.25) is 4.98 Å². The second kappa shape index (κ2) is 9.74. The van der Waals surface area contributed by atoms with Crippen LogP contribution in [0.5, 0.6) is 0 Å². The van der Waals surface area contributed by atoms with Crippen LogP contribution in [0.15, 0.2) is 152 Å². The predicted molar refractivity (Wildman–Crippen MR) is 191 cm³/mol. The van der Waals surface area contributed by atoms with Crippen LogP contribution < -0.4 is 0 Å². The largest absolute Gasteiger partial charge is 0.256 e. The highest BCUT2D eigenvalue weighted by molar-refractivity contribution is 6.21. The molecule has 0 saturated carbocycles. The lowest BCUT2D eigenvalue weighted by molar-refractivity contribution is 0.645. The summed E-state index contributed by atoms with van der Waals surface area (Å²) in [6.07, 6.45) is 2.07. The van der Waals surface area contributed by atoms with Crippen molar-refractivity contribution in [3.05, 3.63) is 163 Å². The van der Waals surface area contributed by atoms with Gasteiger partial charge in [-0.15, -0.1) is 0 Å². The molecule has 0 atom stereocenters. The third kappa shape index (κ3) is 3.77.